The van der Waals surface area contributed by atoms with E-state index in [2.05, 4.69) is 22.7 Å². The second-order valence-corrected chi connectivity index (χ2v) is 8.36. The highest BCUT2D eigenvalue weighted by molar-refractivity contribution is 7.80. The lowest BCUT2D eigenvalue weighted by Crippen LogP contribution is -2.18. The molecule has 7 nitrogen and oxygen atoms in total. The van der Waals surface area contributed by atoms with Crippen LogP contribution in [0.25, 0.3) is 32.9 Å². The quantitative estimate of drug-likeness (QED) is 0.277. The summed E-state index contributed by atoms with van der Waals surface area (Å²) in [6, 6.07) is 4.82. The van der Waals surface area contributed by atoms with Gasteiger partial charge in [-0.25, -0.2) is 9.07 Å². The van der Waals surface area contributed by atoms with Gasteiger partial charge in [-0.15, -0.1) is 12.6 Å². The number of rotatable bonds is 2. The van der Waals surface area contributed by atoms with Gasteiger partial charge in [0, 0.05) is 29.1 Å². The Morgan fingerprint density at radius 2 is 2.06 bits per heavy atom. The van der Waals surface area contributed by atoms with Gasteiger partial charge < -0.3 is 21.2 Å². The number of thiol groups is 1. The Morgan fingerprint density at radius 3 is 2.81 bits per heavy atom. The van der Waals surface area contributed by atoms with Crippen LogP contribution in [0.3, 0.4) is 0 Å². The average molecular weight is 440 g/mol. The second kappa shape index (κ2) is 7.28. The molecule has 160 valence electrons. The van der Waals surface area contributed by atoms with Crippen molar-refractivity contribution in [3.8, 4) is 11.1 Å². The zero-order chi connectivity index (χ0) is 21.9. The van der Waals surface area contributed by atoms with Gasteiger partial charge in [0.25, 0.3) is 5.56 Å². The molecule has 1 aliphatic rings. The van der Waals surface area contributed by atoms with Crippen LogP contribution in [0.2, 0.25) is 0 Å². The molecule has 0 amide bonds. The molecule has 1 unspecified atom stereocenters. The van der Waals surface area contributed by atoms with Gasteiger partial charge in [0.15, 0.2) is 5.82 Å². The van der Waals surface area contributed by atoms with Gasteiger partial charge in [0.2, 0.25) is 0 Å². The van der Waals surface area contributed by atoms with E-state index >= 15 is 0 Å². The first kappa shape index (κ1) is 19.9. The third kappa shape index (κ3) is 3.07. The lowest BCUT2D eigenvalue weighted by atomic mass is 9.95. The van der Waals surface area contributed by atoms with Crippen LogP contribution in [0, 0.1) is 12.7 Å². The molecule has 0 bridgehead atoms. The normalized spacial score (nSPS) is 16.9. The van der Waals surface area contributed by atoms with Crippen molar-refractivity contribution in [3.63, 3.8) is 0 Å². The van der Waals surface area contributed by atoms with E-state index in [0.29, 0.717) is 44.6 Å². The number of ether oxygens (including phenoxy) is 1. The van der Waals surface area contributed by atoms with Gasteiger partial charge in [-0.3, -0.25) is 4.79 Å². The smallest absolute Gasteiger partial charge is 0.272 e. The molecule has 5 rings (SSSR count). The van der Waals surface area contributed by atoms with E-state index in [1.54, 1.807) is 16.9 Å². The minimum Gasteiger partial charge on any atom is -0.398 e. The number of anilines is 2. The van der Waals surface area contributed by atoms with Crippen molar-refractivity contribution in [2.45, 2.75) is 37.3 Å². The number of nitrogen functional groups attached to an aromatic ring is 2. The average Bonchev–Trinajstić information content (AvgIpc) is 3.22. The number of fused-ring (bicyclic) bond motifs is 2. The molecule has 2 aromatic carbocycles. The van der Waals surface area contributed by atoms with Gasteiger partial charge >= 0.3 is 0 Å². The monoisotopic (exact) mass is 439 g/mol. The third-order valence-electron chi connectivity index (χ3n) is 5.93. The van der Waals surface area contributed by atoms with Gasteiger partial charge in [-0.2, -0.15) is 5.10 Å². The number of nitrogens with two attached hydrogens (primary N) is 2. The van der Waals surface area contributed by atoms with E-state index in [4.69, 9.17) is 16.2 Å². The molecule has 0 radical (unpaired) electrons. The maximum atomic E-state index is 14.7. The standard InChI is InChI=1S/C22H22FN5O2S/c1-10-8-12-16(18(25)22(29)26-20(12)21(31)17(10)24)11-5-6-14(23)19-13(11)9-28(27-19)15-4-2-3-7-30-15/h5-6,8-9,15,31H,2-4,7,24-25H2,1H3,(H,26,29). The van der Waals surface area contributed by atoms with E-state index in [1.165, 1.54) is 6.07 Å². The number of nitrogens with zero attached hydrogens (tertiary/aromatic N) is 2. The summed E-state index contributed by atoms with van der Waals surface area (Å²) < 4.78 is 22.2. The van der Waals surface area contributed by atoms with Crippen LogP contribution in [0.15, 0.2) is 34.1 Å². The SMILES string of the molecule is Cc1cc2c(-c3ccc(F)c4nn(C5CCCCO5)cc34)c(N)c(=O)[nH]c2c(S)c1N. The molecular weight excluding hydrogens is 417 g/mol. The molecule has 4 aromatic rings. The Morgan fingerprint density at radius 1 is 1.26 bits per heavy atom. The molecule has 31 heavy (non-hydrogen) atoms. The molecule has 0 spiro atoms. The second-order valence-electron chi connectivity index (χ2n) is 7.91. The lowest BCUT2D eigenvalue weighted by molar-refractivity contribution is -0.0391. The molecular formula is C22H22FN5O2S. The highest BCUT2D eigenvalue weighted by atomic mass is 32.1. The maximum absolute atomic E-state index is 14.7. The van der Waals surface area contributed by atoms with Crippen LogP contribution in [-0.2, 0) is 4.74 Å². The van der Waals surface area contributed by atoms with E-state index in [-0.39, 0.29) is 17.4 Å². The Balaban J connectivity index is 1.84. The number of halogens is 1. The molecule has 5 N–H and O–H groups in total. The minimum absolute atomic E-state index is 0.0407. The number of aromatic nitrogens is 3. The van der Waals surface area contributed by atoms with Crippen LogP contribution >= 0.6 is 12.6 Å². The highest BCUT2D eigenvalue weighted by Crippen LogP contribution is 2.40. The number of aryl methyl sites for hydroxylation is 1. The number of pyridine rings is 1. The first-order valence-corrected chi connectivity index (χ1v) is 10.5. The molecule has 1 fully saturated rings. The highest BCUT2D eigenvalue weighted by Gasteiger charge is 2.23. The van der Waals surface area contributed by atoms with Crippen molar-refractivity contribution < 1.29 is 9.13 Å². The number of aromatic amines is 1. The van der Waals surface area contributed by atoms with E-state index < -0.39 is 11.4 Å². The maximum Gasteiger partial charge on any atom is 0.272 e. The summed E-state index contributed by atoms with van der Waals surface area (Å²) in [5.41, 5.74) is 15.0. The van der Waals surface area contributed by atoms with Crippen molar-refractivity contribution in [1.29, 1.82) is 0 Å². The summed E-state index contributed by atoms with van der Waals surface area (Å²) >= 11 is 4.51. The van der Waals surface area contributed by atoms with Gasteiger partial charge in [0.05, 0.1) is 16.1 Å². The Bertz CT molecular complexity index is 1410. The van der Waals surface area contributed by atoms with Gasteiger partial charge in [-0.05, 0) is 49.4 Å². The van der Waals surface area contributed by atoms with Crippen LogP contribution < -0.4 is 17.0 Å². The van der Waals surface area contributed by atoms with Gasteiger partial charge in [-0.1, -0.05) is 6.07 Å². The number of hydrogen-bond acceptors (Lipinski definition) is 6. The van der Waals surface area contributed by atoms with Crippen LogP contribution in [0.4, 0.5) is 15.8 Å². The summed E-state index contributed by atoms with van der Waals surface area (Å²) in [5.74, 6) is -0.448. The number of H-pyrrole nitrogens is 1. The van der Waals surface area contributed by atoms with E-state index in [1.807, 2.05) is 13.0 Å². The van der Waals surface area contributed by atoms with Crippen LogP contribution in [0.1, 0.15) is 31.1 Å². The molecule has 0 aliphatic carbocycles. The number of hydrogen-bond donors (Lipinski definition) is 4. The molecule has 1 atom stereocenters. The van der Waals surface area contributed by atoms with E-state index in [0.717, 1.165) is 24.8 Å². The topological polar surface area (TPSA) is 112 Å². The summed E-state index contributed by atoms with van der Waals surface area (Å²) in [6.45, 7) is 2.51. The molecule has 1 saturated heterocycles. The van der Waals surface area contributed by atoms with Crippen molar-refractivity contribution in [2.24, 2.45) is 0 Å². The Labute approximate surface area is 182 Å². The minimum atomic E-state index is -0.457. The summed E-state index contributed by atoms with van der Waals surface area (Å²) in [6.07, 6.45) is 4.35. The molecule has 0 saturated carbocycles. The van der Waals surface area contributed by atoms with Crippen molar-refractivity contribution in [1.82, 2.24) is 14.8 Å². The predicted molar refractivity (Wildman–Crippen MR) is 123 cm³/mol. The largest absolute Gasteiger partial charge is 0.398 e. The van der Waals surface area contributed by atoms with Crippen LogP contribution in [0.5, 0.6) is 0 Å². The van der Waals surface area contributed by atoms with E-state index in [9.17, 15) is 9.18 Å². The third-order valence-corrected chi connectivity index (χ3v) is 6.40. The van der Waals surface area contributed by atoms with Gasteiger partial charge in [0.1, 0.15) is 17.4 Å². The van der Waals surface area contributed by atoms with Crippen molar-refractivity contribution in [2.75, 3.05) is 18.1 Å². The van der Waals surface area contributed by atoms with Crippen LogP contribution in [-0.4, -0.2) is 21.4 Å². The zero-order valence-corrected chi connectivity index (χ0v) is 17.8. The van der Waals surface area contributed by atoms with Crippen molar-refractivity contribution in [3.05, 3.63) is 46.1 Å². The first-order chi connectivity index (χ1) is 14.9. The first-order valence-electron chi connectivity index (χ1n) is 10.1. The molecule has 3 heterocycles. The zero-order valence-electron chi connectivity index (χ0n) is 16.9. The summed E-state index contributed by atoms with van der Waals surface area (Å²) in [7, 11) is 0. The Hall–Kier alpha value is -3.04. The summed E-state index contributed by atoms with van der Waals surface area (Å²) in [5, 5.41) is 5.70. The molecule has 2 aromatic heterocycles. The lowest BCUT2D eigenvalue weighted by Gasteiger charge is -2.22. The Kier molecular flexibility index (Phi) is 4.67. The predicted octanol–water partition coefficient (Wildman–Crippen LogP) is 4.14. The summed E-state index contributed by atoms with van der Waals surface area (Å²) in [4.78, 5) is 15.9. The fourth-order valence-electron chi connectivity index (χ4n) is 4.26. The molecule has 1 aliphatic heterocycles. The molecule has 9 heteroatoms. The fourth-order valence-corrected chi connectivity index (χ4v) is 4.61. The van der Waals surface area contributed by atoms with Crippen molar-refractivity contribution >= 4 is 45.8 Å². The fraction of sp³-hybridized carbons (Fsp3) is 0.273. The number of benzene rings is 2. The number of nitrogens with one attached hydrogen (secondary N) is 1.